The first-order valence-electron chi connectivity index (χ1n) is 8.80. The summed E-state index contributed by atoms with van der Waals surface area (Å²) in [6.45, 7) is 0.557. The Morgan fingerprint density at radius 2 is 1.71 bits per heavy atom. The minimum Gasteiger partial charge on any atom is -0.356 e. The molecule has 2 amide bonds. The molecule has 0 saturated heterocycles. The minimum absolute atomic E-state index is 0.0561. The smallest absolute Gasteiger partial charge is 0.286 e. The van der Waals surface area contributed by atoms with Crippen molar-refractivity contribution in [1.82, 2.24) is 15.5 Å². The Kier molecular flexibility index (Phi) is 7.11. The number of benzene rings is 2. The summed E-state index contributed by atoms with van der Waals surface area (Å²) in [5.74, 6) is -0.359. The quantitative estimate of drug-likeness (QED) is 0.588. The number of hydrogen-bond acceptors (Lipinski definition) is 5. The highest BCUT2D eigenvalue weighted by Gasteiger charge is 2.14. The van der Waals surface area contributed by atoms with E-state index < -0.39 is 0 Å². The van der Waals surface area contributed by atoms with Crippen LogP contribution in [0.1, 0.15) is 26.8 Å². The Bertz CT molecular complexity index is 929. The molecule has 0 radical (unpaired) electrons. The molecule has 0 spiro atoms. The lowest BCUT2D eigenvalue weighted by Gasteiger charge is -2.04. The first-order chi connectivity index (χ1) is 13.6. The SMILES string of the molecule is O=C(CCc1nnc(C(=O)Nc2ccccc2)s1)NCCc1ccc(Cl)cc1. The van der Waals surface area contributed by atoms with Crippen LogP contribution in [0.15, 0.2) is 54.6 Å². The van der Waals surface area contributed by atoms with E-state index in [1.165, 1.54) is 11.3 Å². The van der Waals surface area contributed by atoms with Crippen molar-refractivity contribution < 1.29 is 9.59 Å². The van der Waals surface area contributed by atoms with Gasteiger partial charge in [-0.05, 0) is 36.2 Å². The van der Waals surface area contributed by atoms with Crippen LogP contribution in [-0.4, -0.2) is 28.6 Å². The average Bonchev–Trinajstić information content (AvgIpc) is 3.18. The molecule has 8 heteroatoms. The molecule has 144 valence electrons. The zero-order valence-electron chi connectivity index (χ0n) is 15.0. The molecule has 0 aliphatic carbocycles. The molecular weight excluding hydrogens is 396 g/mol. The number of carbonyl (C=O) groups is 2. The lowest BCUT2D eigenvalue weighted by molar-refractivity contribution is -0.121. The molecule has 3 aromatic rings. The molecule has 0 bridgehead atoms. The highest BCUT2D eigenvalue weighted by molar-refractivity contribution is 7.13. The fourth-order valence-corrected chi connectivity index (χ4v) is 3.32. The summed E-state index contributed by atoms with van der Waals surface area (Å²) >= 11 is 7.05. The molecule has 2 aromatic carbocycles. The van der Waals surface area contributed by atoms with Crippen LogP contribution >= 0.6 is 22.9 Å². The molecular formula is C20H19ClN4O2S. The summed E-state index contributed by atoms with van der Waals surface area (Å²) in [5, 5.41) is 15.2. The van der Waals surface area contributed by atoms with Crippen LogP contribution < -0.4 is 10.6 Å². The number of carbonyl (C=O) groups excluding carboxylic acids is 2. The Labute approximate surface area is 172 Å². The van der Waals surface area contributed by atoms with Gasteiger partial charge in [-0.2, -0.15) is 0 Å². The fourth-order valence-electron chi connectivity index (χ4n) is 2.46. The summed E-state index contributed by atoms with van der Waals surface area (Å²) in [7, 11) is 0. The van der Waals surface area contributed by atoms with Crippen molar-refractivity contribution in [3.63, 3.8) is 0 Å². The lowest BCUT2D eigenvalue weighted by Crippen LogP contribution is -2.25. The van der Waals surface area contributed by atoms with Crippen molar-refractivity contribution >= 4 is 40.4 Å². The molecule has 0 fully saturated rings. The van der Waals surface area contributed by atoms with Gasteiger partial charge in [0.25, 0.3) is 5.91 Å². The second-order valence-corrected chi connectivity index (χ2v) is 7.55. The number of anilines is 1. The highest BCUT2D eigenvalue weighted by Crippen LogP contribution is 2.14. The maximum atomic E-state index is 12.2. The van der Waals surface area contributed by atoms with E-state index in [2.05, 4.69) is 20.8 Å². The van der Waals surface area contributed by atoms with E-state index in [0.29, 0.717) is 35.1 Å². The van der Waals surface area contributed by atoms with Gasteiger partial charge < -0.3 is 10.6 Å². The van der Waals surface area contributed by atoms with Crippen molar-refractivity contribution in [2.24, 2.45) is 0 Å². The third kappa shape index (κ3) is 6.14. The largest absolute Gasteiger partial charge is 0.356 e. The maximum absolute atomic E-state index is 12.2. The van der Waals surface area contributed by atoms with Crippen molar-refractivity contribution in [3.05, 3.63) is 75.2 Å². The number of nitrogens with zero attached hydrogens (tertiary/aromatic N) is 2. The maximum Gasteiger partial charge on any atom is 0.286 e. The molecule has 1 aromatic heterocycles. The minimum atomic E-state index is -0.303. The fraction of sp³-hybridized carbons (Fsp3) is 0.200. The van der Waals surface area contributed by atoms with Crippen LogP contribution in [0.3, 0.4) is 0 Å². The second kappa shape index (κ2) is 9.96. The van der Waals surface area contributed by atoms with Crippen molar-refractivity contribution in [2.75, 3.05) is 11.9 Å². The van der Waals surface area contributed by atoms with Crippen LogP contribution in [0.5, 0.6) is 0 Å². The molecule has 0 unspecified atom stereocenters. The molecule has 0 aliphatic heterocycles. The first-order valence-corrected chi connectivity index (χ1v) is 9.99. The normalized spacial score (nSPS) is 10.5. The van der Waals surface area contributed by atoms with Gasteiger partial charge in [0.2, 0.25) is 10.9 Å². The molecule has 0 atom stereocenters. The number of nitrogens with one attached hydrogen (secondary N) is 2. The zero-order valence-corrected chi connectivity index (χ0v) is 16.6. The number of aryl methyl sites for hydroxylation is 1. The number of halogens is 1. The molecule has 3 rings (SSSR count). The molecule has 6 nitrogen and oxygen atoms in total. The van der Waals surface area contributed by atoms with Crippen LogP contribution in [0.25, 0.3) is 0 Å². The molecule has 0 aliphatic rings. The van der Waals surface area contributed by atoms with Crippen LogP contribution in [0.2, 0.25) is 5.02 Å². The number of rotatable bonds is 8. The Hall–Kier alpha value is -2.77. The Balaban J connectivity index is 1.40. The second-order valence-electron chi connectivity index (χ2n) is 6.05. The number of amides is 2. The zero-order chi connectivity index (χ0) is 19.8. The number of hydrogen-bond donors (Lipinski definition) is 2. The van der Waals surface area contributed by atoms with E-state index in [-0.39, 0.29) is 16.8 Å². The van der Waals surface area contributed by atoms with E-state index in [1.807, 2.05) is 42.5 Å². The summed E-state index contributed by atoms with van der Waals surface area (Å²) in [6, 6.07) is 16.7. The Morgan fingerprint density at radius 3 is 2.46 bits per heavy atom. The van der Waals surface area contributed by atoms with E-state index in [1.54, 1.807) is 12.1 Å². The summed E-state index contributed by atoms with van der Waals surface area (Å²) < 4.78 is 0. The van der Waals surface area contributed by atoms with Gasteiger partial charge in [0.05, 0.1) is 0 Å². The standard InChI is InChI=1S/C20H19ClN4O2S/c21-15-8-6-14(7-9-15)12-13-22-17(26)10-11-18-24-25-20(28-18)19(27)23-16-4-2-1-3-5-16/h1-9H,10-13H2,(H,22,26)(H,23,27). The van der Waals surface area contributed by atoms with Gasteiger partial charge in [-0.25, -0.2) is 0 Å². The van der Waals surface area contributed by atoms with Crippen molar-refractivity contribution in [2.45, 2.75) is 19.3 Å². The van der Waals surface area contributed by atoms with E-state index in [4.69, 9.17) is 11.6 Å². The highest BCUT2D eigenvalue weighted by atomic mass is 35.5. The van der Waals surface area contributed by atoms with E-state index >= 15 is 0 Å². The van der Waals surface area contributed by atoms with Gasteiger partial charge >= 0.3 is 0 Å². The van der Waals surface area contributed by atoms with Gasteiger partial charge in [0, 0.05) is 30.1 Å². The summed E-state index contributed by atoms with van der Waals surface area (Å²) in [5.41, 5.74) is 1.81. The van der Waals surface area contributed by atoms with Crippen LogP contribution in [-0.2, 0) is 17.6 Å². The molecule has 28 heavy (non-hydrogen) atoms. The monoisotopic (exact) mass is 414 g/mol. The van der Waals surface area contributed by atoms with E-state index in [0.717, 1.165) is 12.0 Å². The third-order valence-corrected chi connectivity index (χ3v) is 5.14. The first kappa shape index (κ1) is 20.0. The third-order valence-electron chi connectivity index (χ3n) is 3.91. The summed E-state index contributed by atoms with van der Waals surface area (Å²) in [4.78, 5) is 24.2. The Morgan fingerprint density at radius 1 is 0.964 bits per heavy atom. The lowest BCUT2D eigenvalue weighted by atomic mass is 10.1. The predicted molar refractivity (Wildman–Crippen MR) is 111 cm³/mol. The summed E-state index contributed by atoms with van der Waals surface area (Å²) in [6.07, 6.45) is 1.49. The van der Waals surface area contributed by atoms with Gasteiger partial charge in [-0.1, -0.05) is 53.3 Å². The molecule has 1 heterocycles. The predicted octanol–water partition coefficient (Wildman–Crippen LogP) is 3.74. The topological polar surface area (TPSA) is 84.0 Å². The van der Waals surface area contributed by atoms with Crippen molar-refractivity contribution in [3.8, 4) is 0 Å². The van der Waals surface area contributed by atoms with Gasteiger partial charge in [-0.15, -0.1) is 10.2 Å². The van der Waals surface area contributed by atoms with Gasteiger partial charge in [0.1, 0.15) is 5.01 Å². The number of aromatic nitrogens is 2. The van der Waals surface area contributed by atoms with Crippen LogP contribution in [0, 0.1) is 0 Å². The van der Waals surface area contributed by atoms with Crippen molar-refractivity contribution in [1.29, 1.82) is 0 Å². The molecule has 2 N–H and O–H groups in total. The van der Waals surface area contributed by atoms with Crippen LogP contribution in [0.4, 0.5) is 5.69 Å². The molecule has 0 saturated carbocycles. The van der Waals surface area contributed by atoms with Gasteiger partial charge in [0.15, 0.2) is 0 Å². The number of para-hydroxylation sites is 1. The average molecular weight is 415 g/mol. The van der Waals surface area contributed by atoms with Gasteiger partial charge in [-0.3, -0.25) is 9.59 Å². The van der Waals surface area contributed by atoms with E-state index in [9.17, 15) is 9.59 Å².